The number of rotatable bonds is 3. The van der Waals surface area contributed by atoms with E-state index in [-0.39, 0.29) is 30.1 Å². The quantitative estimate of drug-likeness (QED) is 0.525. The van der Waals surface area contributed by atoms with Crippen molar-refractivity contribution in [3.63, 3.8) is 0 Å². The van der Waals surface area contributed by atoms with E-state index < -0.39 is 0 Å². The minimum absolute atomic E-state index is 0.0643. The van der Waals surface area contributed by atoms with Crippen molar-refractivity contribution in [2.24, 2.45) is 5.92 Å². The third kappa shape index (κ3) is 2.58. The Bertz CT molecular complexity index is 1200. The summed E-state index contributed by atoms with van der Waals surface area (Å²) in [5.74, 6) is 0.182. The van der Waals surface area contributed by atoms with Crippen molar-refractivity contribution < 1.29 is 4.79 Å². The van der Waals surface area contributed by atoms with Crippen molar-refractivity contribution in [2.45, 2.75) is 25.9 Å². The Morgan fingerprint density at radius 2 is 2.29 bits per heavy atom. The maximum atomic E-state index is 12.8. The Morgan fingerprint density at radius 3 is 3.11 bits per heavy atom. The molecule has 1 saturated heterocycles. The SMILES string of the molecule is CC1CCN(C(=O)Cn2cnnn2)CC1n1c(=O)[nH]c2cnc3[nH]ccc3c21. The van der Waals surface area contributed by atoms with E-state index >= 15 is 0 Å². The molecule has 5 rings (SSSR count). The second-order valence-electron chi connectivity index (χ2n) is 7.24. The molecule has 0 aliphatic carbocycles. The number of amides is 1. The van der Waals surface area contributed by atoms with Gasteiger partial charge in [0.05, 0.1) is 23.3 Å². The van der Waals surface area contributed by atoms with Crippen LogP contribution in [0.5, 0.6) is 0 Å². The monoisotopic (exact) mass is 381 g/mol. The minimum atomic E-state index is -0.183. The van der Waals surface area contributed by atoms with E-state index in [4.69, 9.17) is 0 Å². The van der Waals surface area contributed by atoms with Crippen LogP contribution < -0.4 is 5.69 Å². The summed E-state index contributed by atoms with van der Waals surface area (Å²) in [5.41, 5.74) is 2.07. The van der Waals surface area contributed by atoms with Gasteiger partial charge in [-0.15, -0.1) is 5.10 Å². The number of nitrogens with one attached hydrogen (secondary N) is 2. The summed E-state index contributed by atoms with van der Waals surface area (Å²) in [4.78, 5) is 37.6. The number of H-pyrrole nitrogens is 2. The molecule has 1 amide bonds. The lowest BCUT2D eigenvalue weighted by atomic mass is 9.93. The number of hydrogen-bond acceptors (Lipinski definition) is 6. The van der Waals surface area contributed by atoms with Crippen molar-refractivity contribution >= 4 is 28.0 Å². The molecule has 11 nitrogen and oxygen atoms in total. The van der Waals surface area contributed by atoms with Crippen LogP contribution in [0.3, 0.4) is 0 Å². The van der Waals surface area contributed by atoms with Crippen LogP contribution in [0.25, 0.3) is 22.1 Å². The third-order valence-electron chi connectivity index (χ3n) is 5.55. The second-order valence-corrected chi connectivity index (χ2v) is 7.24. The molecule has 0 saturated carbocycles. The van der Waals surface area contributed by atoms with Crippen LogP contribution in [-0.4, -0.2) is 63.6 Å². The van der Waals surface area contributed by atoms with Crippen LogP contribution in [0.2, 0.25) is 0 Å². The lowest BCUT2D eigenvalue weighted by molar-refractivity contribution is -0.134. The fraction of sp³-hybridized carbons (Fsp3) is 0.412. The first-order chi connectivity index (χ1) is 13.6. The topological polar surface area (TPSA) is 130 Å². The molecule has 0 bridgehead atoms. The summed E-state index contributed by atoms with van der Waals surface area (Å²) in [6.45, 7) is 3.32. The first-order valence-electron chi connectivity index (χ1n) is 9.16. The van der Waals surface area contributed by atoms with E-state index in [2.05, 4.69) is 37.4 Å². The molecule has 2 unspecified atom stereocenters. The summed E-state index contributed by atoms with van der Waals surface area (Å²) in [6, 6.07) is 1.79. The van der Waals surface area contributed by atoms with Gasteiger partial charge in [0.2, 0.25) is 5.91 Å². The first kappa shape index (κ1) is 16.7. The highest BCUT2D eigenvalue weighted by molar-refractivity contribution is 6.00. The Labute approximate surface area is 158 Å². The van der Waals surface area contributed by atoms with E-state index in [1.807, 2.05) is 12.3 Å². The van der Waals surface area contributed by atoms with Gasteiger partial charge in [-0.3, -0.25) is 9.36 Å². The van der Waals surface area contributed by atoms with Gasteiger partial charge in [-0.25, -0.2) is 14.5 Å². The van der Waals surface area contributed by atoms with Crippen molar-refractivity contribution in [1.82, 2.24) is 44.6 Å². The van der Waals surface area contributed by atoms with Crippen molar-refractivity contribution in [3.8, 4) is 0 Å². The molecule has 4 aromatic rings. The normalized spacial score (nSPS) is 20.2. The van der Waals surface area contributed by atoms with Gasteiger partial charge < -0.3 is 14.9 Å². The van der Waals surface area contributed by atoms with E-state index in [0.29, 0.717) is 18.6 Å². The number of nitrogens with zero attached hydrogens (tertiary/aromatic N) is 7. The van der Waals surface area contributed by atoms with Gasteiger partial charge in [0.25, 0.3) is 0 Å². The molecule has 1 aliphatic heterocycles. The van der Waals surface area contributed by atoms with Gasteiger partial charge in [0.15, 0.2) is 0 Å². The molecule has 0 spiro atoms. The highest BCUT2D eigenvalue weighted by atomic mass is 16.2. The number of aromatic amines is 2. The fourth-order valence-electron chi connectivity index (χ4n) is 4.04. The Kier molecular flexibility index (Phi) is 3.74. The number of aromatic nitrogens is 8. The molecule has 1 fully saturated rings. The Hall–Kier alpha value is -3.50. The number of imidazole rings is 1. The lowest BCUT2D eigenvalue weighted by Gasteiger charge is -2.37. The molecule has 5 heterocycles. The molecular weight excluding hydrogens is 362 g/mol. The molecule has 144 valence electrons. The summed E-state index contributed by atoms with van der Waals surface area (Å²) in [6.07, 6.45) is 5.71. The van der Waals surface area contributed by atoms with Crippen molar-refractivity contribution in [3.05, 3.63) is 35.3 Å². The lowest BCUT2D eigenvalue weighted by Crippen LogP contribution is -2.46. The summed E-state index contributed by atoms with van der Waals surface area (Å²) in [7, 11) is 0. The molecule has 1 aliphatic rings. The zero-order valence-corrected chi connectivity index (χ0v) is 15.2. The highest BCUT2D eigenvalue weighted by Gasteiger charge is 2.32. The number of hydrogen-bond donors (Lipinski definition) is 2. The minimum Gasteiger partial charge on any atom is -0.346 e. The second kappa shape index (κ2) is 6.29. The van der Waals surface area contributed by atoms with Crippen LogP contribution in [-0.2, 0) is 11.3 Å². The van der Waals surface area contributed by atoms with Crippen LogP contribution in [0, 0.1) is 5.92 Å². The van der Waals surface area contributed by atoms with E-state index in [9.17, 15) is 9.59 Å². The molecule has 28 heavy (non-hydrogen) atoms. The van der Waals surface area contributed by atoms with Crippen LogP contribution >= 0.6 is 0 Å². The summed E-state index contributed by atoms with van der Waals surface area (Å²) in [5, 5.41) is 11.8. The number of fused-ring (bicyclic) bond motifs is 3. The highest BCUT2D eigenvalue weighted by Crippen LogP contribution is 2.31. The van der Waals surface area contributed by atoms with E-state index in [1.165, 1.54) is 11.0 Å². The van der Waals surface area contributed by atoms with E-state index in [0.717, 1.165) is 23.0 Å². The number of pyridine rings is 1. The average Bonchev–Trinajstić information content (AvgIpc) is 3.41. The maximum absolute atomic E-state index is 12.8. The molecule has 2 N–H and O–H groups in total. The predicted octanol–water partition coefficient (Wildman–Crippen LogP) is 0.302. The largest absolute Gasteiger partial charge is 0.346 e. The Balaban J connectivity index is 1.52. The molecule has 11 heteroatoms. The van der Waals surface area contributed by atoms with Crippen LogP contribution in [0.4, 0.5) is 0 Å². The molecule has 4 aromatic heterocycles. The predicted molar refractivity (Wildman–Crippen MR) is 99.4 cm³/mol. The number of likely N-dealkylation sites (tertiary alicyclic amines) is 1. The maximum Gasteiger partial charge on any atom is 0.326 e. The van der Waals surface area contributed by atoms with Crippen molar-refractivity contribution in [1.29, 1.82) is 0 Å². The van der Waals surface area contributed by atoms with Crippen LogP contribution in [0.15, 0.2) is 29.6 Å². The van der Waals surface area contributed by atoms with Gasteiger partial charge in [-0.05, 0) is 28.8 Å². The molecule has 0 aromatic carbocycles. The number of tetrazole rings is 1. The van der Waals surface area contributed by atoms with Crippen molar-refractivity contribution in [2.75, 3.05) is 13.1 Å². The number of carbonyl (C=O) groups is 1. The average molecular weight is 381 g/mol. The number of carbonyl (C=O) groups excluding carboxylic acids is 1. The Morgan fingerprint density at radius 1 is 1.39 bits per heavy atom. The van der Waals surface area contributed by atoms with Crippen LogP contribution in [0.1, 0.15) is 19.4 Å². The zero-order valence-electron chi connectivity index (χ0n) is 15.2. The molecular formula is C17H19N9O2. The van der Waals surface area contributed by atoms with Gasteiger partial charge in [0, 0.05) is 24.7 Å². The first-order valence-corrected chi connectivity index (χ1v) is 9.16. The number of piperidine rings is 1. The summed E-state index contributed by atoms with van der Waals surface area (Å²) >= 11 is 0. The fourth-order valence-corrected chi connectivity index (χ4v) is 4.04. The van der Waals surface area contributed by atoms with Gasteiger partial charge >= 0.3 is 5.69 Å². The van der Waals surface area contributed by atoms with Gasteiger partial charge in [-0.2, -0.15) is 0 Å². The van der Waals surface area contributed by atoms with Gasteiger partial charge in [0.1, 0.15) is 18.5 Å². The molecule has 2 atom stereocenters. The zero-order chi connectivity index (χ0) is 19.3. The summed E-state index contributed by atoms with van der Waals surface area (Å²) < 4.78 is 3.19. The van der Waals surface area contributed by atoms with E-state index in [1.54, 1.807) is 15.7 Å². The van der Waals surface area contributed by atoms with Gasteiger partial charge in [-0.1, -0.05) is 6.92 Å². The third-order valence-corrected chi connectivity index (χ3v) is 5.55. The standard InChI is InChI=1S/C17H19N9O2/c1-10-3-5-24(14(27)8-25-9-20-22-23-25)7-13(10)26-15-11-2-4-18-16(11)19-6-12(15)21-17(26)28/h2,4,6,9-10,13H,3,5,7-8H2,1H3,(H,18,19)(H,21,28). The molecule has 0 radical (unpaired) electrons. The smallest absolute Gasteiger partial charge is 0.326 e.